The Morgan fingerprint density at radius 2 is 2.10 bits per heavy atom. The van der Waals surface area contributed by atoms with Crippen LogP contribution in [0.2, 0.25) is 0 Å². The lowest BCUT2D eigenvalue weighted by Crippen LogP contribution is -2.26. The smallest absolute Gasteiger partial charge is 0.224 e. The van der Waals surface area contributed by atoms with Crippen molar-refractivity contribution in [3.05, 3.63) is 53.6 Å². The van der Waals surface area contributed by atoms with Crippen molar-refractivity contribution in [1.29, 1.82) is 0 Å². The molecule has 5 nitrogen and oxygen atoms in total. The van der Waals surface area contributed by atoms with E-state index in [1.54, 1.807) is 6.20 Å². The van der Waals surface area contributed by atoms with Crippen molar-refractivity contribution in [2.45, 2.75) is 13.0 Å². The number of aromatic nitrogens is 2. The number of benzene rings is 1. The lowest BCUT2D eigenvalue weighted by molar-refractivity contribution is -0.120. The zero-order chi connectivity index (χ0) is 14.5. The molecule has 2 aromatic rings. The van der Waals surface area contributed by atoms with E-state index >= 15 is 0 Å². The number of carbonyl (C=O) groups is 1. The predicted octanol–water partition coefficient (Wildman–Crippen LogP) is 0.913. The van der Waals surface area contributed by atoms with Crippen LogP contribution in [-0.2, 0) is 24.8 Å². The number of amides is 1. The van der Waals surface area contributed by atoms with E-state index in [0.717, 1.165) is 17.0 Å². The van der Waals surface area contributed by atoms with Gasteiger partial charge in [-0.1, -0.05) is 36.5 Å². The Labute approximate surface area is 122 Å². The van der Waals surface area contributed by atoms with Crippen molar-refractivity contribution in [3.63, 3.8) is 0 Å². The predicted molar refractivity (Wildman–Crippen MR) is 81.1 cm³/mol. The molecule has 0 radical (unpaired) electrons. The van der Waals surface area contributed by atoms with E-state index in [2.05, 4.69) is 10.3 Å². The SMILES string of the molecule is Cn1ccnc1CNC(=O)Cc1ccc(C(N)=S)cc1. The maximum absolute atomic E-state index is 11.8. The zero-order valence-electron chi connectivity index (χ0n) is 11.2. The molecule has 0 aliphatic carbocycles. The number of rotatable bonds is 5. The Balaban J connectivity index is 1.88. The monoisotopic (exact) mass is 288 g/mol. The van der Waals surface area contributed by atoms with E-state index in [-0.39, 0.29) is 5.91 Å². The molecule has 0 saturated carbocycles. The van der Waals surface area contributed by atoms with Crippen LogP contribution in [0.25, 0.3) is 0 Å². The molecule has 6 heteroatoms. The number of nitrogens with zero attached hydrogens (tertiary/aromatic N) is 2. The largest absolute Gasteiger partial charge is 0.389 e. The molecule has 2 rings (SSSR count). The molecule has 0 fully saturated rings. The molecule has 1 aromatic heterocycles. The first-order valence-electron chi connectivity index (χ1n) is 6.18. The topological polar surface area (TPSA) is 72.9 Å². The fourth-order valence-corrected chi connectivity index (χ4v) is 1.92. The number of thiocarbonyl (C=S) groups is 1. The average Bonchev–Trinajstić information content (AvgIpc) is 2.82. The van der Waals surface area contributed by atoms with Gasteiger partial charge in [0.25, 0.3) is 0 Å². The molecule has 0 aliphatic heterocycles. The minimum atomic E-state index is -0.0453. The normalized spacial score (nSPS) is 10.2. The minimum absolute atomic E-state index is 0.0453. The molecule has 1 aromatic carbocycles. The Morgan fingerprint density at radius 3 is 2.65 bits per heavy atom. The van der Waals surface area contributed by atoms with Gasteiger partial charge in [0.2, 0.25) is 5.91 Å². The summed E-state index contributed by atoms with van der Waals surface area (Å²) in [6, 6.07) is 7.36. The van der Waals surface area contributed by atoms with E-state index in [1.807, 2.05) is 42.1 Å². The van der Waals surface area contributed by atoms with Crippen LogP contribution in [0.5, 0.6) is 0 Å². The molecule has 1 amide bonds. The van der Waals surface area contributed by atoms with E-state index in [9.17, 15) is 4.79 Å². The Kier molecular flexibility index (Phi) is 4.47. The van der Waals surface area contributed by atoms with Crippen LogP contribution in [0.15, 0.2) is 36.7 Å². The van der Waals surface area contributed by atoms with Crippen molar-refractivity contribution < 1.29 is 4.79 Å². The van der Waals surface area contributed by atoms with Gasteiger partial charge < -0.3 is 15.6 Å². The molecule has 3 N–H and O–H groups in total. The van der Waals surface area contributed by atoms with Gasteiger partial charge in [-0.15, -0.1) is 0 Å². The van der Waals surface area contributed by atoms with Crippen molar-refractivity contribution in [2.75, 3.05) is 0 Å². The summed E-state index contributed by atoms with van der Waals surface area (Å²) in [6.45, 7) is 0.424. The fraction of sp³-hybridized carbons (Fsp3) is 0.214. The summed E-state index contributed by atoms with van der Waals surface area (Å²) in [6.07, 6.45) is 3.87. The highest BCUT2D eigenvalue weighted by atomic mass is 32.1. The Morgan fingerprint density at radius 1 is 1.40 bits per heavy atom. The Hall–Kier alpha value is -2.21. The van der Waals surface area contributed by atoms with Gasteiger partial charge in [-0.25, -0.2) is 4.98 Å². The molecule has 0 saturated heterocycles. The number of carbonyl (C=O) groups excluding carboxylic acids is 1. The molecule has 20 heavy (non-hydrogen) atoms. The molecule has 0 unspecified atom stereocenters. The third-order valence-electron chi connectivity index (χ3n) is 2.97. The van der Waals surface area contributed by atoms with Gasteiger partial charge in [0, 0.05) is 25.0 Å². The summed E-state index contributed by atoms with van der Waals surface area (Å²) < 4.78 is 1.87. The van der Waals surface area contributed by atoms with Crippen LogP contribution in [0.1, 0.15) is 17.0 Å². The second-order valence-electron chi connectivity index (χ2n) is 4.47. The lowest BCUT2D eigenvalue weighted by atomic mass is 10.1. The standard InChI is InChI=1S/C14H16N4OS/c1-18-7-6-16-12(18)9-17-13(19)8-10-2-4-11(5-3-10)14(15)20/h2-7H,8-9H2,1H3,(H2,15,20)(H,17,19). The fourth-order valence-electron chi connectivity index (χ4n) is 1.78. The van der Waals surface area contributed by atoms with Crippen LogP contribution in [0.3, 0.4) is 0 Å². The quantitative estimate of drug-likeness (QED) is 0.802. The van der Waals surface area contributed by atoms with Crippen molar-refractivity contribution in [3.8, 4) is 0 Å². The highest BCUT2D eigenvalue weighted by Crippen LogP contribution is 2.05. The van der Waals surface area contributed by atoms with Crippen molar-refractivity contribution in [1.82, 2.24) is 14.9 Å². The summed E-state index contributed by atoms with van der Waals surface area (Å²) >= 11 is 4.88. The Bertz CT molecular complexity index is 618. The number of imidazole rings is 1. The number of nitrogens with one attached hydrogen (secondary N) is 1. The maximum Gasteiger partial charge on any atom is 0.224 e. The van der Waals surface area contributed by atoms with E-state index in [0.29, 0.717) is 18.0 Å². The van der Waals surface area contributed by atoms with Crippen LogP contribution in [-0.4, -0.2) is 20.4 Å². The number of hydrogen-bond donors (Lipinski definition) is 2. The number of hydrogen-bond acceptors (Lipinski definition) is 3. The maximum atomic E-state index is 11.8. The van der Waals surface area contributed by atoms with Gasteiger partial charge >= 0.3 is 0 Å². The summed E-state index contributed by atoms with van der Waals surface area (Å²) in [7, 11) is 1.89. The second kappa shape index (κ2) is 6.29. The highest BCUT2D eigenvalue weighted by Gasteiger charge is 2.06. The first-order valence-corrected chi connectivity index (χ1v) is 6.58. The summed E-state index contributed by atoms with van der Waals surface area (Å²) in [5, 5.41) is 2.84. The molecule has 1 heterocycles. The summed E-state index contributed by atoms with van der Waals surface area (Å²) in [5.74, 6) is 0.776. The number of nitrogens with two attached hydrogens (primary N) is 1. The molecule has 0 bridgehead atoms. The molecular formula is C14H16N4OS. The van der Waals surface area contributed by atoms with Crippen LogP contribution < -0.4 is 11.1 Å². The van der Waals surface area contributed by atoms with E-state index < -0.39 is 0 Å². The van der Waals surface area contributed by atoms with Gasteiger partial charge in [-0.3, -0.25) is 4.79 Å². The molecule has 0 atom stereocenters. The third kappa shape index (κ3) is 3.64. The summed E-state index contributed by atoms with van der Waals surface area (Å²) in [4.78, 5) is 16.3. The van der Waals surface area contributed by atoms with E-state index in [4.69, 9.17) is 18.0 Å². The van der Waals surface area contributed by atoms with E-state index in [1.165, 1.54) is 0 Å². The van der Waals surface area contributed by atoms with Crippen LogP contribution >= 0.6 is 12.2 Å². The third-order valence-corrected chi connectivity index (χ3v) is 3.20. The van der Waals surface area contributed by atoms with Gasteiger partial charge in [0.15, 0.2) is 0 Å². The number of aryl methyl sites for hydroxylation is 1. The minimum Gasteiger partial charge on any atom is -0.389 e. The second-order valence-corrected chi connectivity index (χ2v) is 4.91. The van der Waals surface area contributed by atoms with Crippen LogP contribution in [0, 0.1) is 0 Å². The zero-order valence-corrected chi connectivity index (χ0v) is 12.0. The van der Waals surface area contributed by atoms with Crippen molar-refractivity contribution >= 4 is 23.1 Å². The lowest BCUT2D eigenvalue weighted by Gasteiger charge is -2.06. The molecule has 0 aliphatic rings. The first-order chi connectivity index (χ1) is 9.56. The summed E-state index contributed by atoms with van der Waals surface area (Å²) in [5.41, 5.74) is 7.25. The molecule has 0 spiro atoms. The van der Waals surface area contributed by atoms with Crippen molar-refractivity contribution in [2.24, 2.45) is 12.8 Å². The average molecular weight is 288 g/mol. The molecular weight excluding hydrogens is 272 g/mol. The van der Waals surface area contributed by atoms with Gasteiger partial charge in [-0.05, 0) is 5.56 Å². The first kappa shape index (κ1) is 14.2. The molecule has 104 valence electrons. The van der Waals surface area contributed by atoms with Gasteiger partial charge in [-0.2, -0.15) is 0 Å². The van der Waals surface area contributed by atoms with Crippen LogP contribution in [0.4, 0.5) is 0 Å². The van der Waals surface area contributed by atoms with Gasteiger partial charge in [0.1, 0.15) is 10.8 Å². The van der Waals surface area contributed by atoms with Gasteiger partial charge in [0.05, 0.1) is 13.0 Å². The highest BCUT2D eigenvalue weighted by molar-refractivity contribution is 7.80.